The molecule has 0 amide bonds. The van der Waals surface area contributed by atoms with Crippen LogP contribution in [0.1, 0.15) is 11.1 Å². The molecule has 8 heteroatoms. The number of H-pyrrole nitrogens is 1. The van der Waals surface area contributed by atoms with Gasteiger partial charge in [-0.15, -0.1) is 10.2 Å². The maximum absolute atomic E-state index is 5.99. The van der Waals surface area contributed by atoms with E-state index in [9.17, 15) is 0 Å². The number of hydrogen-bond donors (Lipinski definition) is 1. The average Bonchev–Trinajstić information content (AvgIpc) is 3.47. The minimum Gasteiger partial charge on any atom is -0.453 e. The Hall–Kier alpha value is -3.00. The van der Waals surface area contributed by atoms with E-state index >= 15 is 0 Å². The fourth-order valence-corrected chi connectivity index (χ4v) is 3.62. The van der Waals surface area contributed by atoms with Crippen LogP contribution in [-0.2, 0) is 6.42 Å². The van der Waals surface area contributed by atoms with Gasteiger partial charge in [-0.2, -0.15) is 10.1 Å². The lowest BCUT2D eigenvalue weighted by Crippen LogP contribution is -2.02. The summed E-state index contributed by atoms with van der Waals surface area (Å²) in [5.41, 5.74) is 4.59. The molecule has 0 radical (unpaired) electrons. The van der Waals surface area contributed by atoms with Gasteiger partial charge in [-0.05, 0) is 41.0 Å². The van der Waals surface area contributed by atoms with E-state index in [1.165, 1.54) is 22.9 Å². The lowest BCUT2D eigenvalue weighted by atomic mass is 10.0. The Labute approximate surface area is 153 Å². The van der Waals surface area contributed by atoms with E-state index in [1.807, 2.05) is 12.1 Å². The molecule has 0 atom stereocenters. The molecule has 2 aliphatic rings. The van der Waals surface area contributed by atoms with Crippen LogP contribution in [0.4, 0.5) is 0 Å². The van der Waals surface area contributed by atoms with E-state index in [1.54, 1.807) is 0 Å². The Morgan fingerprint density at radius 1 is 1.15 bits per heavy atom. The number of furan rings is 1. The Balaban J connectivity index is 1.33. The number of aromatic nitrogens is 3. The Morgan fingerprint density at radius 2 is 2.12 bits per heavy atom. The van der Waals surface area contributed by atoms with Gasteiger partial charge in [0.1, 0.15) is 12.3 Å². The van der Waals surface area contributed by atoms with Gasteiger partial charge in [0.25, 0.3) is 0 Å². The van der Waals surface area contributed by atoms with Crippen LogP contribution < -0.4 is 0 Å². The van der Waals surface area contributed by atoms with Gasteiger partial charge in [-0.1, -0.05) is 36.0 Å². The standard InChI is InChI=1S/C18H14N6OS/c1-2-11-4-5-13(8-12(11)3-1)15-6-7-16(25-15)17-20-18(23-22-17)26-10-14-9-19-24-21-14/h1,3-8H,2,9-10H2,(H,20,22,23). The first-order chi connectivity index (χ1) is 12.8. The van der Waals surface area contributed by atoms with Crippen molar-refractivity contribution >= 4 is 23.5 Å². The summed E-state index contributed by atoms with van der Waals surface area (Å²) in [6.07, 6.45) is 5.33. The van der Waals surface area contributed by atoms with Crippen LogP contribution in [0.2, 0.25) is 0 Å². The monoisotopic (exact) mass is 362 g/mol. The van der Waals surface area contributed by atoms with E-state index in [0.29, 0.717) is 29.0 Å². The summed E-state index contributed by atoms with van der Waals surface area (Å²) in [5.74, 6) is 2.77. The molecule has 1 aliphatic heterocycles. The fourth-order valence-electron chi connectivity index (χ4n) is 2.91. The van der Waals surface area contributed by atoms with E-state index < -0.39 is 0 Å². The third kappa shape index (κ3) is 2.88. The zero-order chi connectivity index (χ0) is 17.3. The highest BCUT2D eigenvalue weighted by molar-refractivity contribution is 7.99. The number of aromatic amines is 1. The molecular weight excluding hydrogens is 348 g/mol. The van der Waals surface area contributed by atoms with Crippen molar-refractivity contribution in [2.75, 3.05) is 12.3 Å². The second-order valence-electron chi connectivity index (χ2n) is 5.99. The van der Waals surface area contributed by atoms with Gasteiger partial charge >= 0.3 is 0 Å². The Morgan fingerprint density at radius 3 is 3.04 bits per heavy atom. The molecule has 2 aromatic heterocycles. The smallest absolute Gasteiger partial charge is 0.209 e. The molecule has 1 aliphatic carbocycles. The normalized spacial score (nSPS) is 14.8. The zero-order valence-electron chi connectivity index (χ0n) is 13.7. The molecule has 3 aromatic rings. The second-order valence-corrected chi connectivity index (χ2v) is 6.94. The molecular formula is C18H14N6OS. The van der Waals surface area contributed by atoms with Crippen molar-refractivity contribution in [1.29, 1.82) is 0 Å². The van der Waals surface area contributed by atoms with Gasteiger partial charge in [-0.25, -0.2) is 0 Å². The number of fused-ring (bicyclic) bond motifs is 1. The molecule has 0 fully saturated rings. The molecule has 3 heterocycles. The van der Waals surface area contributed by atoms with Crippen molar-refractivity contribution < 1.29 is 4.42 Å². The molecule has 7 nitrogen and oxygen atoms in total. The Bertz CT molecular complexity index is 1060. The van der Waals surface area contributed by atoms with Crippen LogP contribution in [0, 0.1) is 0 Å². The highest BCUT2D eigenvalue weighted by Crippen LogP contribution is 2.30. The summed E-state index contributed by atoms with van der Waals surface area (Å²) in [7, 11) is 0. The summed E-state index contributed by atoms with van der Waals surface area (Å²) in [4.78, 5) is 4.48. The topological polar surface area (TPSA) is 91.8 Å². The maximum atomic E-state index is 5.99. The van der Waals surface area contributed by atoms with Crippen molar-refractivity contribution in [3.05, 3.63) is 47.5 Å². The first-order valence-corrected chi connectivity index (χ1v) is 9.21. The van der Waals surface area contributed by atoms with Crippen molar-refractivity contribution in [3.63, 3.8) is 0 Å². The lowest BCUT2D eigenvalue weighted by molar-refractivity contribution is 0.592. The van der Waals surface area contributed by atoms with Crippen LogP contribution in [0.15, 0.2) is 61.4 Å². The molecule has 1 aromatic carbocycles. The second kappa shape index (κ2) is 6.38. The van der Waals surface area contributed by atoms with Crippen molar-refractivity contribution in [1.82, 2.24) is 15.2 Å². The van der Waals surface area contributed by atoms with Crippen LogP contribution in [0.25, 0.3) is 29.0 Å². The summed E-state index contributed by atoms with van der Waals surface area (Å²) in [6, 6.07) is 10.3. The molecule has 1 N–H and O–H groups in total. The number of nitrogens with zero attached hydrogens (tertiary/aromatic N) is 5. The number of allylic oxidation sites excluding steroid dienone is 1. The molecule has 0 saturated carbocycles. The number of nitrogens with one attached hydrogen (secondary N) is 1. The number of benzene rings is 1. The van der Waals surface area contributed by atoms with E-state index in [2.05, 4.69) is 61.0 Å². The van der Waals surface area contributed by atoms with Gasteiger partial charge in [0.15, 0.2) is 11.6 Å². The summed E-state index contributed by atoms with van der Waals surface area (Å²) < 4.78 is 5.99. The molecule has 128 valence electrons. The fraction of sp³-hybridized carbons (Fsp3) is 0.167. The minimum absolute atomic E-state index is 0.557. The molecule has 0 bridgehead atoms. The van der Waals surface area contributed by atoms with Crippen LogP contribution in [-0.4, -0.2) is 33.2 Å². The van der Waals surface area contributed by atoms with Gasteiger partial charge in [0, 0.05) is 11.3 Å². The Kier molecular flexibility index (Phi) is 3.75. The lowest BCUT2D eigenvalue weighted by Gasteiger charge is -2.01. The molecule has 5 rings (SSSR count). The highest BCUT2D eigenvalue weighted by Gasteiger charge is 2.14. The van der Waals surface area contributed by atoms with E-state index in [4.69, 9.17) is 4.42 Å². The van der Waals surface area contributed by atoms with E-state index in [-0.39, 0.29) is 0 Å². The predicted octanol–water partition coefficient (Wildman–Crippen LogP) is 4.21. The number of thioether (sulfide) groups is 1. The minimum atomic E-state index is 0.557. The number of rotatable bonds is 5. The largest absolute Gasteiger partial charge is 0.453 e. The SMILES string of the molecule is C1=Cc2cc(-c3ccc(-c4nc(SCC5=NN=NC5)n[nH]4)o3)ccc2C1. The van der Waals surface area contributed by atoms with Gasteiger partial charge < -0.3 is 4.42 Å². The van der Waals surface area contributed by atoms with Crippen LogP contribution in [0.5, 0.6) is 0 Å². The maximum Gasteiger partial charge on any atom is 0.209 e. The van der Waals surface area contributed by atoms with Gasteiger partial charge in [0.2, 0.25) is 5.16 Å². The predicted molar refractivity (Wildman–Crippen MR) is 100 cm³/mol. The first kappa shape index (κ1) is 15.3. The quantitative estimate of drug-likeness (QED) is 0.688. The third-order valence-electron chi connectivity index (χ3n) is 4.24. The highest BCUT2D eigenvalue weighted by atomic mass is 32.2. The van der Waals surface area contributed by atoms with Crippen molar-refractivity contribution in [2.45, 2.75) is 11.6 Å². The molecule has 26 heavy (non-hydrogen) atoms. The summed E-state index contributed by atoms with van der Waals surface area (Å²) in [6.45, 7) is 0.557. The van der Waals surface area contributed by atoms with Gasteiger partial charge in [0.05, 0.1) is 5.71 Å². The summed E-state index contributed by atoms with van der Waals surface area (Å²) in [5, 5.41) is 19.2. The van der Waals surface area contributed by atoms with Crippen molar-refractivity contribution in [2.24, 2.45) is 15.4 Å². The summed E-state index contributed by atoms with van der Waals surface area (Å²) >= 11 is 1.50. The van der Waals surface area contributed by atoms with Crippen LogP contribution >= 0.6 is 11.8 Å². The third-order valence-corrected chi connectivity index (χ3v) is 5.16. The van der Waals surface area contributed by atoms with E-state index in [0.717, 1.165) is 23.5 Å². The zero-order valence-corrected chi connectivity index (χ0v) is 14.5. The number of hydrogen-bond acceptors (Lipinski definition) is 7. The van der Waals surface area contributed by atoms with Crippen molar-refractivity contribution in [3.8, 4) is 22.9 Å². The van der Waals surface area contributed by atoms with Crippen LogP contribution in [0.3, 0.4) is 0 Å². The van der Waals surface area contributed by atoms with Gasteiger partial charge in [-0.3, -0.25) is 5.10 Å². The first-order valence-electron chi connectivity index (χ1n) is 8.22. The molecule has 0 unspecified atom stereocenters. The average molecular weight is 362 g/mol. The molecule has 0 spiro atoms. The molecule has 0 saturated heterocycles.